The van der Waals surface area contributed by atoms with E-state index in [0.717, 1.165) is 47.5 Å². The topological polar surface area (TPSA) is 55.6 Å². The molecule has 1 saturated heterocycles. The van der Waals surface area contributed by atoms with E-state index in [1.807, 2.05) is 18.2 Å². The van der Waals surface area contributed by atoms with E-state index in [4.69, 9.17) is 10.5 Å². The van der Waals surface area contributed by atoms with Gasteiger partial charge in [0.1, 0.15) is 0 Å². The van der Waals surface area contributed by atoms with Gasteiger partial charge in [0.05, 0.1) is 18.1 Å². The molecular weight excluding hydrogens is 320 g/mol. The number of nitrogens with two attached hydrogens (primary N) is 1. The second-order valence-electron chi connectivity index (χ2n) is 5.85. The second-order valence-corrected chi connectivity index (χ2v) is 6.90. The molecule has 0 saturated carbocycles. The van der Waals surface area contributed by atoms with E-state index in [1.54, 1.807) is 0 Å². The van der Waals surface area contributed by atoms with Crippen molar-refractivity contribution in [3.05, 3.63) is 53.4 Å². The van der Waals surface area contributed by atoms with E-state index in [2.05, 4.69) is 35.2 Å². The average molecular weight is 338 g/mol. The van der Waals surface area contributed by atoms with Gasteiger partial charge in [0.2, 0.25) is 0 Å². The van der Waals surface area contributed by atoms with Crippen molar-refractivity contribution in [2.24, 2.45) is 5.73 Å². The Balaban J connectivity index is 1.70. The first-order valence-electron chi connectivity index (χ1n) is 7.98. The number of anilines is 1. The van der Waals surface area contributed by atoms with Crippen LogP contribution < -0.4 is 10.6 Å². The summed E-state index contributed by atoms with van der Waals surface area (Å²) in [6, 6.07) is 16.6. The van der Waals surface area contributed by atoms with E-state index in [9.17, 15) is 4.79 Å². The van der Waals surface area contributed by atoms with Gasteiger partial charge < -0.3 is 15.4 Å². The van der Waals surface area contributed by atoms with Crippen molar-refractivity contribution in [3.8, 4) is 11.1 Å². The smallest absolute Gasteiger partial charge is 0.258 e. The molecule has 24 heavy (non-hydrogen) atoms. The third-order valence-electron chi connectivity index (χ3n) is 4.34. The average Bonchev–Trinajstić information content (AvgIpc) is 3.07. The molecule has 122 valence electrons. The molecule has 2 aromatic carbocycles. The highest BCUT2D eigenvalue weighted by Gasteiger charge is 2.13. The van der Waals surface area contributed by atoms with Crippen LogP contribution in [-0.4, -0.2) is 32.2 Å². The first-order chi connectivity index (χ1) is 11.7. The Kier molecular flexibility index (Phi) is 3.96. The minimum Gasteiger partial charge on any atom is -0.378 e. The summed E-state index contributed by atoms with van der Waals surface area (Å²) in [5.41, 5.74) is 8.93. The van der Waals surface area contributed by atoms with Crippen LogP contribution in [0.15, 0.2) is 48.5 Å². The zero-order valence-electron chi connectivity index (χ0n) is 13.2. The maximum Gasteiger partial charge on any atom is 0.258 e. The summed E-state index contributed by atoms with van der Waals surface area (Å²) >= 11 is 1.46. The number of benzene rings is 2. The molecule has 1 aliphatic rings. The highest BCUT2D eigenvalue weighted by Crippen LogP contribution is 2.35. The largest absolute Gasteiger partial charge is 0.378 e. The molecule has 1 fully saturated rings. The van der Waals surface area contributed by atoms with E-state index in [1.165, 1.54) is 17.0 Å². The van der Waals surface area contributed by atoms with Crippen molar-refractivity contribution >= 4 is 33.0 Å². The normalized spacial score (nSPS) is 14.9. The molecule has 0 atom stereocenters. The number of fused-ring (bicyclic) bond motifs is 1. The van der Waals surface area contributed by atoms with Crippen LogP contribution in [0.3, 0.4) is 0 Å². The van der Waals surface area contributed by atoms with Crippen LogP contribution >= 0.6 is 11.3 Å². The number of ether oxygens (including phenoxy) is 1. The van der Waals surface area contributed by atoms with Gasteiger partial charge >= 0.3 is 0 Å². The summed E-state index contributed by atoms with van der Waals surface area (Å²) in [4.78, 5) is 14.4. The minimum atomic E-state index is -0.371. The predicted molar refractivity (Wildman–Crippen MR) is 98.8 cm³/mol. The van der Waals surface area contributed by atoms with Gasteiger partial charge in [-0.3, -0.25) is 4.79 Å². The molecule has 0 spiro atoms. The zero-order chi connectivity index (χ0) is 16.5. The fourth-order valence-corrected chi connectivity index (χ4v) is 4.13. The lowest BCUT2D eigenvalue weighted by atomic mass is 10.0. The van der Waals surface area contributed by atoms with Crippen LogP contribution in [0, 0.1) is 0 Å². The number of primary amides is 1. The maximum absolute atomic E-state index is 11.5. The lowest BCUT2D eigenvalue weighted by Crippen LogP contribution is -2.36. The molecule has 2 N–H and O–H groups in total. The third-order valence-corrected chi connectivity index (χ3v) is 5.54. The minimum absolute atomic E-state index is 0.371. The van der Waals surface area contributed by atoms with E-state index in [0.29, 0.717) is 4.88 Å². The Morgan fingerprint density at radius 3 is 2.54 bits per heavy atom. The van der Waals surface area contributed by atoms with E-state index >= 15 is 0 Å². The monoisotopic (exact) mass is 338 g/mol. The summed E-state index contributed by atoms with van der Waals surface area (Å²) in [6.07, 6.45) is 0. The van der Waals surface area contributed by atoms with Crippen molar-refractivity contribution in [2.75, 3.05) is 31.2 Å². The first kappa shape index (κ1) is 15.2. The molecule has 0 aliphatic carbocycles. The third kappa shape index (κ3) is 2.77. The number of nitrogens with zero attached hydrogens (tertiary/aromatic N) is 1. The van der Waals surface area contributed by atoms with Gasteiger partial charge in [0.15, 0.2) is 0 Å². The molecule has 1 aromatic heterocycles. The van der Waals surface area contributed by atoms with Crippen LogP contribution in [0.2, 0.25) is 0 Å². The van der Waals surface area contributed by atoms with Crippen molar-refractivity contribution in [1.29, 1.82) is 0 Å². The highest BCUT2D eigenvalue weighted by atomic mass is 32.1. The molecular formula is C19H18N2O2S. The number of amides is 1. The van der Waals surface area contributed by atoms with Crippen LogP contribution in [0.1, 0.15) is 9.67 Å². The first-order valence-corrected chi connectivity index (χ1v) is 8.79. The Morgan fingerprint density at radius 2 is 1.83 bits per heavy atom. The molecule has 1 amide bonds. The van der Waals surface area contributed by atoms with Gasteiger partial charge in [-0.2, -0.15) is 0 Å². The number of thiophene rings is 1. The number of hydrogen-bond acceptors (Lipinski definition) is 4. The highest BCUT2D eigenvalue weighted by molar-refractivity contribution is 7.21. The molecule has 3 aromatic rings. The van der Waals surface area contributed by atoms with Crippen molar-refractivity contribution in [3.63, 3.8) is 0 Å². The van der Waals surface area contributed by atoms with E-state index < -0.39 is 0 Å². The summed E-state index contributed by atoms with van der Waals surface area (Å²) in [5.74, 6) is -0.371. The Bertz CT molecular complexity index is 880. The Labute approximate surface area is 144 Å². The van der Waals surface area contributed by atoms with Crippen molar-refractivity contribution < 1.29 is 9.53 Å². The zero-order valence-corrected chi connectivity index (χ0v) is 14.0. The molecule has 0 unspecified atom stereocenters. The second kappa shape index (κ2) is 6.26. The van der Waals surface area contributed by atoms with Gasteiger partial charge in [-0.1, -0.05) is 30.3 Å². The molecule has 4 nitrogen and oxygen atoms in total. The standard InChI is InChI=1S/C19H18N2O2S/c20-19(22)17-12-14-2-1-3-16(18(14)24-17)13-4-6-15(7-5-13)21-8-10-23-11-9-21/h1-7,12H,8-11H2,(H2,20,22). The Morgan fingerprint density at radius 1 is 1.08 bits per heavy atom. The summed E-state index contributed by atoms with van der Waals surface area (Å²) in [5, 5.41) is 1.06. The van der Waals surface area contributed by atoms with Gasteiger partial charge in [-0.05, 0) is 34.7 Å². The fraction of sp³-hybridized carbons (Fsp3) is 0.211. The van der Waals surface area contributed by atoms with Crippen molar-refractivity contribution in [2.45, 2.75) is 0 Å². The van der Waals surface area contributed by atoms with Crippen LogP contribution in [0.5, 0.6) is 0 Å². The van der Waals surface area contributed by atoms with Crippen molar-refractivity contribution in [1.82, 2.24) is 0 Å². The van der Waals surface area contributed by atoms with Crippen LogP contribution in [-0.2, 0) is 4.74 Å². The summed E-state index contributed by atoms with van der Waals surface area (Å²) in [7, 11) is 0. The number of carbonyl (C=O) groups is 1. The quantitative estimate of drug-likeness (QED) is 0.795. The van der Waals surface area contributed by atoms with E-state index in [-0.39, 0.29) is 5.91 Å². The van der Waals surface area contributed by atoms with Gasteiger partial charge in [0, 0.05) is 23.5 Å². The number of rotatable bonds is 3. The lowest BCUT2D eigenvalue weighted by Gasteiger charge is -2.28. The Hall–Kier alpha value is -2.37. The molecule has 2 heterocycles. The van der Waals surface area contributed by atoms with Gasteiger partial charge in [0.25, 0.3) is 5.91 Å². The summed E-state index contributed by atoms with van der Waals surface area (Å²) in [6.45, 7) is 3.43. The molecule has 0 radical (unpaired) electrons. The maximum atomic E-state index is 11.5. The van der Waals surface area contributed by atoms with Gasteiger partial charge in [-0.25, -0.2) is 0 Å². The van der Waals surface area contributed by atoms with Gasteiger partial charge in [-0.15, -0.1) is 11.3 Å². The molecule has 5 heteroatoms. The van der Waals surface area contributed by atoms with Crippen LogP contribution in [0.4, 0.5) is 5.69 Å². The number of hydrogen-bond donors (Lipinski definition) is 1. The molecule has 1 aliphatic heterocycles. The number of carbonyl (C=O) groups excluding carboxylic acids is 1. The number of morpholine rings is 1. The SMILES string of the molecule is NC(=O)c1cc2cccc(-c3ccc(N4CCOCC4)cc3)c2s1. The fourth-order valence-electron chi connectivity index (χ4n) is 3.09. The molecule has 4 rings (SSSR count). The lowest BCUT2D eigenvalue weighted by molar-refractivity contribution is 0.100. The summed E-state index contributed by atoms with van der Waals surface area (Å²) < 4.78 is 6.51. The van der Waals surface area contributed by atoms with Crippen LogP contribution in [0.25, 0.3) is 21.2 Å². The predicted octanol–water partition coefficient (Wildman–Crippen LogP) is 3.50. The molecule has 0 bridgehead atoms.